The van der Waals surface area contributed by atoms with Crippen molar-refractivity contribution in [1.29, 1.82) is 0 Å². The van der Waals surface area contributed by atoms with Crippen LogP contribution in [0.5, 0.6) is 0 Å². The van der Waals surface area contributed by atoms with Crippen LogP contribution >= 0.6 is 11.6 Å². The van der Waals surface area contributed by atoms with Gasteiger partial charge in [-0.1, -0.05) is 11.6 Å². The minimum absolute atomic E-state index is 0.00461. The van der Waals surface area contributed by atoms with Crippen molar-refractivity contribution in [2.45, 2.75) is 43.8 Å². The Hall–Kier alpha value is -0.665. The maximum absolute atomic E-state index is 11.7. The third kappa shape index (κ3) is 2.58. The van der Waals surface area contributed by atoms with Gasteiger partial charge in [-0.15, -0.1) is 0 Å². The summed E-state index contributed by atoms with van der Waals surface area (Å²) < 4.78 is 34.9. The Morgan fingerprint density at radius 2 is 1.75 bits per heavy atom. The zero-order valence-electron chi connectivity index (χ0n) is 11.7. The number of halogens is 1. The van der Waals surface area contributed by atoms with Crippen molar-refractivity contribution in [3.05, 3.63) is 17.4 Å². The number of pyridine rings is 1. The zero-order valence-corrected chi connectivity index (χ0v) is 13.2. The van der Waals surface area contributed by atoms with E-state index in [0.717, 1.165) is 0 Å². The summed E-state index contributed by atoms with van der Waals surface area (Å²) in [5.74, 6) is 0. The van der Waals surface area contributed by atoms with Crippen LogP contribution in [-0.2, 0) is 19.3 Å². The van der Waals surface area contributed by atoms with E-state index in [0.29, 0.717) is 0 Å². The second kappa shape index (κ2) is 4.67. The van der Waals surface area contributed by atoms with Crippen molar-refractivity contribution in [2.75, 3.05) is 0 Å². The highest BCUT2D eigenvalue weighted by atomic mass is 35.5. The standard InChI is InChI=1S/C11H16BClN2O4S/c1-10(2)11(3,4)19-12(18-10)8-7(20(14,16)17)5-6-15-9(8)13/h5-6H,1-4H3,(H2,14,16,17). The summed E-state index contributed by atoms with van der Waals surface area (Å²) in [7, 11) is -4.89. The van der Waals surface area contributed by atoms with E-state index >= 15 is 0 Å². The molecular weight excluding hydrogens is 302 g/mol. The Kier molecular flexibility index (Phi) is 3.67. The number of hydrogen-bond acceptors (Lipinski definition) is 5. The number of hydrogen-bond donors (Lipinski definition) is 1. The van der Waals surface area contributed by atoms with Gasteiger partial charge in [-0.3, -0.25) is 0 Å². The van der Waals surface area contributed by atoms with E-state index in [9.17, 15) is 8.42 Å². The summed E-state index contributed by atoms with van der Waals surface area (Å²) in [4.78, 5) is 3.74. The highest BCUT2D eigenvalue weighted by Crippen LogP contribution is 2.37. The van der Waals surface area contributed by atoms with E-state index in [1.807, 2.05) is 27.7 Å². The lowest BCUT2D eigenvalue weighted by Crippen LogP contribution is -2.41. The van der Waals surface area contributed by atoms with E-state index in [2.05, 4.69) is 4.98 Å². The number of primary sulfonamides is 1. The lowest BCUT2D eigenvalue weighted by molar-refractivity contribution is 0.00578. The molecule has 0 radical (unpaired) electrons. The Morgan fingerprint density at radius 1 is 1.25 bits per heavy atom. The van der Waals surface area contributed by atoms with Crippen LogP contribution in [0.1, 0.15) is 27.7 Å². The van der Waals surface area contributed by atoms with Gasteiger partial charge in [0.15, 0.2) is 0 Å². The fourth-order valence-corrected chi connectivity index (χ4v) is 2.91. The van der Waals surface area contributed by atoms with Crippen LogP contribution < -0.4 is 10.6 Å². The second-order valence-corrected chi connectivity index (χ2v) is 7.53. The second-order valence-electron chi connectivity index (χ2n) is 5.65. The minimum atomic E-state index is -3.95. The zero-order chi connectivity index (χ0) is 15.3. The van der Waals surface area contributed by atoms with Gasteiger partial charge in [0.1, 0.15) is 5.15 Å². The first-order valence-electron chi connectivity index (χ1n) is 5.98. The molecule has 2 N–H and O–H groups in total. The molecule has 2 heterocycles. The van der Waals surface area contributed by atoms with Gasteiger partial charge >= 0.3 is 7.12 Å². The first kappa shape index (κ1) is 15.7. The van der Waals surface area contributed by atoms with Crippen LogP contribution in [-0.4, -0.2) is 31.7 Å². The smallest absolute Gasteiger partial charge is 0.399 e. The summed E-state index contributed by atoms with van der Waals surface area (Å²) in [6.45, 7) is 7.42. The number of nitrogens with zero attached hydrogens (tertiary/aromatic N) is 1. The van der Waals surface area contributed by atoms with Gasteiger partial charge in [0.2, 0.25) is 10.0 Å². The molecule has 0 bridgehead atoms. The van der Waals surface area contributed by atoms with Crippen LogP contribution in [0.25, 0.3) is 0 Å². The van der Waals surface area contributed by atoms with Crippen molar-refractivity contribution in [2.24, 2.45) is 5.14 Å². The van der Waals surface area contributed by atoms with Gasteiger partial charge in [-0.25, -0.2) is 18.5 Å². The van der Waals surface area contributed by atoms with Crippen molar-refractivity contribution in [1.82, 2.24) is 4.98 Å². The molecule has 0 saturated carbocycles. The summed E-state index contributed by atoms with van der Waals surface area (Å²) in [6.07, 6.45) is 1.27. The average Bonchev–Trinajstić information content (AvgIpc) is 2.46. The minimum Gasteiger partial charge on any atom is -0.399 e. The largest absolute Gasteiger partial charge is 0.499 e. The molecule has 20 heavy (non-hydrogen) atoms. The molecule has 1 aliphatic heterocycles. The number of nitrogens with two attached hydrogens (primary N) is 1. The number of rotatable bonds is 2. The van der Waals surface area contributed by atoms with Gasteiger partial charge in [-0.05, 0) is 33.8 Å². The Labute approximate surface area is 123 Å². The lowest BCUT2D eigenvalue weighted by atomic mass is 9.80. The summed E-state index contributed by atoms with van der Waals surface area (Å²) in [5, 5.41) is 5.20. The maximum Gasteiger partial charge on any atom is 0.499 e. The molecule has 0 unspecified atom stereocenters. The SMILES string of the molecule is CC1(C)OB(c2c(S(N)(=O)=O)ccnc2Cl)OC1(C)C. The molecule has 0 spiro atoms. The Bertz CT molecular complexity index is 632. The summed E-state index contributed by atoms with van der Waals surface area (Å²) in [5.41, 5.74) is -1.10. The predicted octanol–water partition coefficient (Wildman–Crippen LogP) is 0.682. The molecule has 0 aliphatic carbocycles. The summed E-state index contributed by atoms with van der Waals surface area (Å²) >= 11 is 6.01. The van der Waals surface area contributed by atoms with Crippen molar-refractivity contribution in [3.63, 3.8) is 0 Å². The topological polar surface area (TPSA) is 91.5 Å². The van der Waals surface area contributed by atoms with E-state index in [1.165, 1.54) is 12.3 Å². The third-order valence-corrected chi connectivity index (χ3v) is 4.97. The Balaban J connectivity index is 2.56. The van der Waals surface area contributed by atoms with E-state index in [1.54, 1.807) is 0 Å². The van der Waals surface area contributed by atoms with Gasteiger partial charge in [0.25, 0.3) is 0 Å². The first-order valence-corrected chi connectivity index (χ1v) is 7.91. The van der Waals surface area contributed by atoms with Gasteiger partial charge < -0.3 is 9.31 Å². The molecule has 1 aliphatic rings. The summed E-state index contributed by atoms with van der Waals surface area (Å²) in [6, 6.07) is 1.28. The van der Waals surface area contributed by atoms with E-state index in [-0.39, 0.29) is 15.5 Å². The van der Waals surface area contributed by atoms with Crippen molar-refractivity contribution < 1.29 is 17.7 Å². The number of aromatic nitrogens is 1. The molecule has 2 rings (SSSR count). The fourth-order valence-electron chi connectivity index (χ4n) is 1.85. The molecule has 110 valence electrons. The van der Waals surface area contributed by atoms with Gasteiger partial charge in [0, 0.05) is 11.7 Å². The van der Waals surface area contributed by atoms with Crippen LogP contribution in [0.2, 0.25) is 5.15 Å². The molecule has 0 aromatic carbocycles. The Morgan fingerprint density at radius 3 is 2.20 bits per heavy atom. The molecular formula is C11H16BClN2O4S. The average molecular weight is 319 g/mol. The van der Waals surface area contributed by atoms with Crippen molar-refractivity contribution in [3.8, 4) is 0 Å². The quantitative estimate of drug-likeness (QED) is 0.639. The molecule has 9 heteroatoms. The van der Waals surface area contributed by atoms with Crippen molar-refractivity contribution >= 4 is 34.2 Å². The molecule has 1 aromatic rings. The number of sulfonamides is 1. The van der Waals surface area contributed by atoms with Gasteiger partial charge in [0.05, 0.1) is 16.1 Å². The molecule has 1 fully saturated rings. The lowest BCUT2D eigenvalue weighted by Gasteiger charge is -2.32. The fraction of sp³-hybridized carbons (Fsp3) is 0.545. The molecule has 0 atom stereocenters. The molecule has 1 saturated heterocycles. The third-order valence-electron chi connectivity index (χ3n) is 3.70. The van der Waals surface area contributed by atoms with E-state index in [4.69, 9.17) is 26.0 Å². The molecule has 1 aromatic heterocycles. The maximum atomic E-state index is 11.7. The predicted molar refractivity (Wildman–Crippen MR) is 76.3 cm³/mol. The normalized spacial score (nSPS) is 21.2. The highest BCUT2D eigenvalue weighted by Gasteiger charge is 2.53. The monoisotopic (exact) mass is 318 g/mol. The van der Waals surface area contributed by atoms with Crippen LogP contribution in [0.3, 0.4) is 0 Å². The van der Waals surface area contributed by atoms with Crippen LogP contribution in [0, 0.1) is 0 Å². The van der Waals surface area contributed by atoms with Crippen LogP contribution in [0.15, 0.2) is 17.2 Å². The molecule has 0 amide bonds. The van der Waals surface area contributed by atoms with E-state index < -0.39 is 28.3 Å². The highest BCUT2D eigenvalue weighted by molar-refractivity contribution is 7.89. The first-order chi connectivity index (χ1) is 8.96. The molecule has 6 nitrogen and oxygen atoms in total. The van der Waals surface area contributed by atoms with Gasteiger partial charge in [-0.2, -0.15) is 0 Å². The van der Waals surface area contributed by atoms with Crippen LogP contribution in [0.4, 0.5) is 0 Å².